The molecule has 1 aromatic rings. The van der Waals surface area contributed by atoms with Gasteiger partial charge in [0.1, 0.15) is 0 Å². The van der Waals surface area contributed by atoms with Gasteiger partial charge in [-0.05, 0) is 57.3 Å². The molecule has 9 heteroatoms. The zero-order valence-electron chi connectivity index (χ0n) is 8.18. The zero-order chi connectivity index (χ0) is 14.1. The summed E-state index contributed by atoms with van der Waals surface area (Å²) in [6.07, 6.45) is -5.20. The lowest BCUT2D eigenvalue weighted by molar-refractivity contribution is -0.255. The Labute approximate surface area is 126 Å². The van der Waals surface area contributed by atoms with Gasteiger partial charge in [-0.3, -0.25) is 0 Å². The third kappa shape index (κ3) is 3.46. The number of alkyl halides is 3. The van der Waals surface area contributed by atoms with Gasteiger partial charge in [-0.2, -0.15) is 13.2 Å². The van der Waals surface area contributed by atoms with Crippen LogP contribution in [0.15, 0.2) is 12.1 Å². The lowest BCUT2D eigenvalue weighted by Gasteiger charge is -2.15. The average molecular weight is 485 g/mol. The Balaban J connectivity index is 3.28. The van der Waals surface area contributed by atoms with Gasteiger partial charge < -0.3 is 14.6 Å². The molecule has 18 heavy (non-hydrogen) atoms. The van der Waals surface area contributed by atoms with Crippen molar-refractivity contribution in [2.75, 3.05) is 0 Å². The van der Waals surface area contributed by atoms with E-state index in [-0.39, 0.29) is 7.14 Å². The molecule has 0 unspecified atom stereocenters. The van der Waals surface area contributed by atoms with E-state index in [9.17, 15) is 27.9 Å². The van der Waals surface area contributed by atoms with Crippen molar-refractivity contribution < 1.29 is 32.6 Å². The maximum atomic E-state index is 12.1. The van der Waals surface area contributed by atoms with E-state index in [2.05, 4.69) is 4.74 Å². The maximum Gasteiger partial charge on any atom is 0.491 e. The van der Waals surface area contributed by atoms with Crippen LogP contribution in [0.5, 0.6) is 5.75 Å². The molecule has 1 aromatic carbocycles. The van der Waals surface area contributed by atoms with Crippen LogP contribution in [0.1, 0.15) is 10.4 Å². The fourth-order valence-electron chi connectivity index (χ4n) is 0.974. The number of ether oxygens (including phenoxy) is 1. The van der Waals surface area contributed by atoms with Crippen molar-refractivity contribution in [3.05, 3.63) is 24.8 Å². The minimum absolute atomic E-state index is 0.0600. The van der Waals surface area contributed by atoms with Gasteiger partial charge in [0, 0.05) is 3.57 Å². The van der Waals surface area contributed by atoms with Gasteiger partial charge in [-0.25, -0.2) is 4.79 Å². The van der Waals surface area contributed by atoms with Crippen LogP contribution in [-0.4, -0.2) is 18.1 Å². The predicted molar refractivity (Wildman–Crippen MR) is 67.9 cm³/mol. The van der Waals surface area contributed by atoms with Crippen molar-refractivity contribution >= 4 is 57.1 Å². The zero-order valence-corrected chi connectivity index (χ0v) is 12.5. The number of esters is 1. The molecule has 0 fully saturated rings. The molecule has 0 aliphatic carbocycles. The number of aromatic carboxylic acids is 1. The first-order chi connectivity index (χ1) is 8.14. The molecule has 0 saturated heterocycles. The van der Waals surface area contributed by atoms with E-state index in [1.165, 1.54) is 12.1 Å². The normalized spacial score (nSPS) is 11.2. The predicted octanol–water partition coefficient (Wildman–Crippen LogP) is 1.73. The van der Waals surface area contributed by atoms with Crippen molar-refractivity contribution in [3.8, 4) is 5.75 Å². The standard InChI is InChI=1S/C9H3F3I2O4/c10-9(11,12)8(17)18-6-4(14)2-1-3(13)5(6)7(15)16/h1-2H,(H,15,16)/p-1. The molecule has 0 spiro atoms. The molecule has 0 aliphatic rings. The molecule has 0 aliphatic heterocycles. The topological polar surface area (TPSA) is 66.4 Å². The molecule has 0 atom stereocenters. The first kappa shape index (κ1) is 15.5. The average Bonchev–Trinajstić information content (AvgIpc) is 2.21. The second kappa shape index (κ2) is 5.59. The molecule has 4 nitrogen and oxygen atoms in total. The summed E-state index contributed by atoms with van der Waals surface area (Å²) < 4.78 is 40.4. The number of carboxylic acid groups (broad SMARTS) is 1. The Morgan fingerprint density at radius 2 is 1.67 bits per heavy atom. The first-order valence-corrected chi connectivity index (χ1v) is 6.28. The molecule has 98 valence electrons. The van der Waals surface area contributed by atoms with Gasteiger partial charge in [-0.15, -0.1) is 0 Å². The van der Waals surface area contributed by atoms with E-state index in [0.29, 0.717) is 0 Å². The number of halogens is 5. The largest absolute Gasteiger partial charge is 0.545 e. The second-order valence-corrected chi connectivity index (χ2v) is 5.23. The van der Waals surface area contributed by atoms with Gasteiger partial charge in [0.25, 0.3) is 0 Å². The minimum atomic E-state index is -5.20. The molecule has 0 amide bonds. The molecule has 0 heterocycles. The highest BCUT2D eigenvalue weighted by atomic mass is 127. The quantitative estimate of drug-likeness (QED) is 0.364. The summed E-state index contributed by atoms with van der Waals surface area (Å²) in [6.45, 7) is 0. The van der Waals surface area contributed by atoms with Crippen LogP contribution in [0.25, 0.3) is 0 Å². The van der Waals surface area contributed by atoms with Crippen LogP contribution in [0.2, 0.25) is 0 Å². The number of hydrogen-bond acceptors (Lipinski definition) is 4. The molecular weight excluding hydrogens is 483 g/mol. The highest BCUT2D eigenvalue weighted by molar-refractivity contribution is 14.1. The molecule has 1 rings (SSSR count). The monoisotopic (exact) mass is 485 g/mol. The lowest BCUT2D eigenvalue weighted by atomic mass is 10.2. The molecule has 0 N–H and O–H groups in total. The van der Waals surface area contributed by atoms with Gasteiger partial charge in [0.15, 0.2) is 5.75 Å². The number of hydrogen-bond donors (Lipinski definition) is 0. The Kier molecular flexibility index (Phi) is 4.80. The summed E-state index contributed by atoms with van der Waals surface area (Å²) in [5, 5.41) is 10.8. The number of carboxylic acids is 1. The minimum Gasteiger partial charge on any atom is -0.545 e. The number of carbonyl (C=O) groups is 2. The van der Waals surface area contributed by atoms with Crippen LogP contribution in [0.3, 0.4) is 0 Å². The molecule has 0 radical (unpaired) electrons. The molecular formula is C9H2F3I2O4-. The molecule has 0 aromatic heterocycles. The van der Waals surface area contributed by atoms with Crippen molar-refractivity contribution in [3.63, 3.8) is 0 Å². The van der Waals surface area contributed by atoms with E-state index >= 15 is 0 Å². The Morgan fingerprint density at radius 1 is 1.17 bits per heavy atom. The van der Waals surface area contributed by atoms with E-state index < -0.39 is 29.4 Å². The molecule has 0 saturated carbocycles. The smallest absolute Gasteiger partial charge is 0.491 e. The second-order valence-electron chi connectivity index (χ2n) is 2.91. The van der Waals surface area contributed by atoms with Crippen LogP contribution in [0, 0.1) is 7.14 Å². The highest BCUT2D eigenvalue weighted by Gasteiger charge is 2.42. The first-order valence-electron chi connectivity index (χ1n) is 4.13. The van der Waals surface area contributed by atoms with Gasteiger partial charge in [0.05, 0.1) is 15.1 Å². The van der Waals surface area contributed by atoms with Crippen LogP contribution in [0.4, 0.5) is 13.2 Å². The van der Waals surface area contributed by atoms with Crippen LogP contribution >= 0.6 is 45.2 Å². The third-order valence-electron chi connectivity index (χ3n) is 1.69. The summed E-state index contributed by atoms with van der Waals surface area (Å²) in [6, 6.07) is 2.69. The third-order valence-corrected chi connectivity index (χ3v) is 3.44. The van der Waals surface area contributed by atoms with Crippen molar-refractivity contribution in [2.24, 2.45) is 0 Å². The highest BCUT2D eigenvalue weighted by Crippen LogP contribution is 2.31. The summed E-state index contributed by atoms with van der Waals surface area (Å²) in [5.74, 6) is -4.86. The fraction of sp³-hybridized carbons (Fsp3) is 0.111. The summed E-state index contributed by atoms with van der Waals surface area (Å²) in [5.41, 5.74) is -0.583. The Hall–Kier alpha value is -0.590. The Morgan fingerprint density at radius 3 is 2.11 bits per heavy atom. The fourth-order valence-corrected chi connectivity index (χ4v) is 2.18. The van der Waals surface area contributed by atoms with Gasteiger partial charge in [-0.1, -0.05) is 0 Å². The van der Waals surface area contributed by atoms with E-state index in [0.717, 1.165) is 0 Å². The summed E-state index contributed by atoms with van der Waals surface area (Å²) >= 11 is 3.15. The maximum absolute atomic E-state index is 12.1. The number of rotatable bonds is 2. The van der Waals surface area contributed by atoms with Crippen LogP contribution < -0.4 is 9.84 Å². The van der Waals surface area contributed by atoms with Crippen molar-refractivity contribution in [1.29, 1.82) is 0 Å². The van der Waals surface area contributed by atoms with Crippen molar-refractivity contribution in [2.45, 2.75) is 6.18 Å². The number of carbonyl (C=O) groups excluding carboxylic acids is 2. The summed E-state index contributed by atoms with van der Waals surface area (Å²) in [7, 11) is 0. The molecule has 0 bridgehead atoms. The van der Waals surface area contributed by atoms with E-state index in [4.69, 9.17) is 0 Å². The van der Waals surface area contributed by atoms with E-state index in [1.54, 1.807) is 45.2 Å². The lowest BCUT2D eigenvalue weighted by Crippen LogP contribution is -2.31. The van der Waals surface area contributed by atoms with Crippen LogP contribution in [-0.2, 0) is 4.79 Å². The van der Waals surface area contributed by atoms with Gasteiger partial charge in [0.2, 0.25) is 0 Å². The van der Waals surface area contributed by atoms with E-state index in [1.807, 2.05) is 0 Å². The van der Waals surface area contributed by atoms with Crippen molar-refractivity contribution in [1.82, 2.24) is 0 Å². The summed E-state index contributed by atoms with van der Waals surface area (Å²) in [4.78, 5) is 21.5. The van der Waals surface area contributed by atoms with Gasteiger partial charge >= 0.3 is 12.1 Å². The SMILES string of the molecule is O=C([O-])c1c(I)ccc(I)c1OC(=O)C(F)(F)F. The Bertz CT molecular complexity index is 513. The number of benzene rings is 1.